The first-order chi connectivity index (χ1) is 12.1. The number of hydrogen-bond donors (Lipinski definition) is 0. The summed E-state index contributed by atoms with van der Waals surface area (Å²) in [7, 11) is 1.62. The molecular formula is C19H18N2O3S. The topological polar surface area (TPSA) is 49.9 Å². The lowest BCUT2D eigenvalue weighted by Gasteiger charge is -2.23. The van der Waals surface area contributed by atoms with E-state index in [1.807, 2.05) is 55.5 Å². The van der Waals surface area contributed by atoms with Crippen LogP contribution in [0.25, 0.3) is 0 Å². The molecule has 2 fully saturated rings. The number of urea groups is 1. The molecule has 2 aromatic rings. The molecule has 0 radical (unpaired) electrons. The normalized spacial score (nSPS) is 22.5. The van der Waals surface area contributed by atoms with Crippen LogP contribution in [0.5, 0.6) is 5.75 Å². The fraction of sp³-hybridized carbons (Fsp3) is 0.263. The highest BCUT2D eigenvalue weighted by Crippen LogP contribution is 2.46. The number of anilines is 1. The Bertz CT molecular complexity index is 820. The number of benzene rings is 2. The molecule has 0 aliphatic carbocycles. The van der Waals surface area contributed by atoms with Crippen molar-refractivity contribution < 1.29 is 14.3 Å². The molecule has 4 rings (SSSR count). The van der Waals surface area contributed by atoms with Crippen LogP contribution in [0.1, 0.15) is 16.5 Å². The average molecular weight is 354 g/mol. The van der Waals surface area contributed by atoms with E-state index in [0.29, 0.717) is 11.4 Å². The van der Waals surface area contributed by atoms with Crippen molar-refractivity contribution in [2.75, 3.05) is 17.8 Å². The van der Waals surface area contributed by atoms with Crippen LogP contribution in [0.15, 0.2) is 48.5 Å². The predicted molar refractivity (Wildman–Crippen MR) is 97.9 cm³/mol. The van der Waals surface area contributed by atoms with E-state index in [4.69, 9.17) is 4.74 Å². The quantitative estimate of drug-likeness (QED) is 0.791. The molecule has 2 aliphatic heterocycles. The van der Waals surface area contributed by atoms with Crippen LogP contribution < -0.4 is 9.64 Å². The summed E-state index contributed by atoms with van der Waals surface area (Å²) >= 11 is 1.62. The van der Waals surface area contributed by atoms with Crippen molar-refractivity contribution in [1.29, 1.82) is 0 Å². The second-order valence-corrected chi connectivity index (χ2v) is 7.29. The Morgan fingerprint density at radius 2 is 1.72 bits per heavy atom. The molecule has 2 atom stereocenters. The summed E-state index contributed by atoms with van der Waals surface area (Å²) in [4.78, 5) is 28.8. The van der Waals surface area contributed by atoms with Crippen LogP contribution in [0.2, 0.25) is 0 Å². The van der Waals surface area contributed by atoms with Crippen molar-refractivity contribution in [2.45, 2.75) is 18.3 Å². The van der Waals surface area contributed by atoms with E-state index in [-0.39, 0.29) is 17.3 Å². The number of carbonyl (C=O) groups is 2. The fourth-order valence-corrected chi connectivity index (χ4v) is 4.66. The van der Waals surface area contributed by atoms with Gasteiger partial charge in [-0.05, 0) is 36.8 Å². The van der Waals surface area contributed by atoms with Crippen LogP contribution in [0.3, 0.4) is 0 Å². The number of nitrogens with zero attached hydrogens (tertiary/aromatic N) is 2. The zero-order valence-electron chi connectivity index (χ0n) is 14.0. The fourth-order valence-electron chi connectivity index (χ4n) is 3.25. The average Bonchev–Trinajstić information content (AvgIpc) is 3.17. The van der Waals surface area contributed by atoms with Gasteiger partial charge >= 0.3 is 6.03 Å². The Balaban J connectivity index is 1.65. The van der Waals surface area contributed by atoms with Gasteiger partial charge in [0.25, 0.3) is 5.91 Å². The number of thioether (sulfide) groups is 1. The first-order valence-corrected chi connectivity index (χ1v) is 9.13. The Morgan fingerprint density at radius 1 is 1.04 bits per heavy atom. The minimum atomic E-state index is -0.397. The van der Waals surface area contributed by atoms with E-state index < -0.39 is 6.04 Å². The van der Waals surface area contributed by atoms with Gasteiger partial charge in [-0.15, -0.1) is 11.8 Å². The first kappa shape index (κ1) is 16.0. The molecule has 0 unspecified atom stereocenters. The van der Waals surface area contributed by atoms with Gasteiger partial charge in [0.2, 0.25) is 0 Å². The highest BCUT2D eigenvalue weighted by Gasteiger charge is 2.53. The number of imide groups is 1. The lowest BCUT2D eigenvalue weighted by atomic mass is 10.2. The molecule has 0 N–H and O–H groups in total. The number of rotatable bonds is 3. The van der Waals surface area contributed by atoms with Crippen LogP contribution in [0.4, 0.5) is 10.5 Å². The molecule has 2 aromatic carbocycles. The van der Waals surface area contributed by atoms with Crippen LogP contribution in [0, 0.1) is 6.92 Å². The van der Waals surface area contributed by atoms with Gasteiger partial charge in [0.1, 0.15) is 17.2 Å². The van der Waals surface area contributed by atoms with Crippen LogP contribution in [-0.2, 0) is 4.79 Å². The molecule has 128 valence electrons. The third-order valence-corrected chi connectivity index (χ3v) is 5.93. The molecule has 3 amide bonds. The molecule has 0 spiro atoms. The highest BCUT2D eigenvalue weighted by atomic mass is 32.2. The molecule has 25 heavy (non-hydrogen) atoms. The minimum Gasteiger partial charge on any atom is -0.497 e. The molecule has 2 saturated heterocycles. The number of methoxy groups -OCH3 is 1. The zero-order chi connectivity index (χ0) is 17.6. The zero-order valence-corrected chi connectivity index (χ0v) is 14.8. The minimum absolute atomic E-state index is 0.141. The third kappa shape index (κ3) is 2.57. The molecule has 0 bridgehead atoms. The van der Waals surface area contributed by atoms with Crippen LogP contribution in [-0.4, -0.2) is 35.7 Å². The van der Waals surface area contributed by atoms with Crippen molar-refractivity contribution in [1.82, 2.24) is 4.90 Å². The van der Waals surface area contributed by atoms with E-state index in [1.54, 1.807) is 23.8 Å². The lowest BCUT2D eigenvalue weighted by Crippen LogP contribution is -2.33. The van der Waals surface area contributed by atoms with Crippen molar-refractivity contribution >= 4 is 29.4 Å². The number of carbonyl (C=O) groups excluding carboxylic acids is 2. The Kier molecular flexibility index (Phi) is 3.92. The van der Waals surface area contributed by atoms with E-state index in [2.05, 4.69) is 0 Å². The first-order valence-electron chi connectivity index (χ1n) is 8.08. The lowest BCUT2D eigenvalue weighted by molar-refractivity contribution is -0.119. The predicted octanol–water partition coefficient (Wildman–Crippen LogP) is 3.59. The Morgan fingerprint density at radius 3 is 2.36 bits per heavy atom. The smallest absolute Gasteiger partial charge is 0.333 e. The van der Waals surface area contributed by atoms with Gasteiger partial charge in [-0.25, -0.2) is 9.69 Å². The van der Waals surface area contributed by atoms with E-state index in [1.165, 1.54) is 4.90 Å². The molecule has 0 saturated carbocycles. The number of hydrogen-bond acceptors (Lipinski definition) is 4. The molecule has 2 heterocycles. The van der Waals surface area contributed by atoms with E-state index in [0.717, 1.165) is 16.9 Å². The van der Waals surface area contributed by atoms with Crippen LogP contribution >= 0.6 is 11.8 Å². The Hall–Kier alpha value is -2.47. The summed E-state index contributed by atoms with van der Waals surface area (Å²) in [5.41, 5.74) is 2.73. The summed E-state index contributed by atoms with van der Waals surface area (Å²) in [6.45, 7) is 1.98. The standard InChI is InChI=1S/C19H18N2O3S/c1-12-3-7-14(8-4-12)20-17(22)16-11-25-18(21(16)19(20)23)13-5-9-15(24-2)10-6-13/h3-10,16,18H,11H2,1-2H3/t16-,18-/m0/s1. The molecule has 5 nitrogen and oxygen atoms in total. The molecule has 0 aromatic heterocycles. The summed E-state index contributed by atoms with van der Waals surface area (Å²) < 4.78 is 5.19. The van der Waals surface area contributed by atoms with Gasteiger partial charge in [0, 0.05) is 5.75 Å². The maximum absolute atomic E-state index is 13.0. The van der Waals surface area contributed by atoms with E-state index >= 15 is 0 Å². The van der Waals surface area contributed by atoms with E-state index in [9.17, 15) is 9.59 Å². The van der Waals surface area contributed by atoms with Gasteiger partial charge in [-0.1, -0.05) is 29.8 Å². The second kappa shape index (κ2) is 6.11. The maximum atomic E-state index is 13.0. The van der Waals surface area contributed by atoms with Gasteiger partial charge in [0.15, 0.2) is 0 Å². The number of fused-ring (bicyclic) bond motifs is 1. The number of aryl methyl sites for hydroxylation is 1. The summed E-state index contributed by atoms with van der Waals surface area (Å²) in [5.74, 6) is 1.25. The summed E-state index contributed by atoms with van der Waals surface area (Å²) in [6, 6.07) is 14.5. The van der Waals surface area contributed by atoms with Crippen molar-refractivity contribution in [3.05, 3.63) is 59.7 Å². The summed E-state index contributed by atoms with van der Waals surface area (Å²) in [6.07, 6.45) is 0. The maximum Gasteiger partial charge on any atom is 0.333 e. The second-order valence-electron chi connectivity index (χ2n) is 6.17. The molecule has 2 aliphatic rings. The van der Waals surface area contributed by atoms with Crippen molar-refractivity contribution in [3.63, 3.8) is 0 Å². The molecule has 6 heteroatoms. The SMILES string of the molecule is COc1ccc([C@@H]2SC[C@H]3C(=O)N(c4ccc(C)cc4)C(=O)N32)cc1. The number of ether oxygens (including phenoxy) is 1. The van der Waals surface area contributed by atoms with Crippen molar-refractivity contribution in [3.8, 4) is 5.75 Å². The largest absolute Gasteiger partial charge is 0.497 e. The number of amides is 3. The van der Waals surface area contributed by atoms with Crippen molar-refractivity contribution in [2.24, 2.45) is 0 Å². The van der Waals surface area contributed by atoms with Gasteiger partial charge < -0.3 is 4.74 Å². The Labute approximate surface area is 150 Å². The van der Waals surface area contributed by atoms with Gasteiger partial charge in [-0.3, -0.25) is 9.69 Å². The summed E-state index contributed by atoms with van der Waals surface area (Å²) in [5, 5.41) is -0.150. The monoisotopic (exact) mass is 354 g/mol. The third-order valence-electron chi connectivity index (χ3n) is 4.61. The van der Waals surface area contributed by atoms with Gasteiger partial charge in [0.05, 0.1) is 12.8 Å². The molecular weight excluding hydrogens is 336 g/mol. The van der Waals surface area contributed by atoms with Gasteiger partial charge in [-0.2, -0.15) is 0 Å². The highest BCUT2D eigenvalue weighted by molar-refractivity contribution is 7.99.